The van der Waals surface area contributed by atoms with E-state index in [1.165, 1.54) is 0 Å². The van der Waals surface area contributed by atoms with Crippen LogP contribution in [-0.4, -0.2) is 48.2 Å². The zero-order valence-corrected chi connectivity index (χ0v) is 13.7. The Labute approximate surface area is 135 Å². The minimum absolute atomic E-state index is 0.247. The molecule has 1 aromatic carbocycles. The molecule has 124 valence electrons. The Morgan fingerprint density at radius 2 is 1.96 bits per heavy atom. The van der Waals surface area contributed by atoms with E-state index in [2.05, 4.69) is 4.98 Å². The number of benzene rings is 1. The van der Waals surface area contributed by atoms with Gasteiger partial charge in [0.1, 0.15) is 11.5 Å². The smallest absolute Gasteiger partial charge is 0.257 e. The van der Waals surface area contributed by atoms with Crippen LogP contribution in [0.15, 0.2) is 12.1 Å². The SMILES string of the molecule is COc1cc(OC)c2c(C)c(C(O)C(=O)N3CCCC3)[nH]c2c1. The van der Waals surface area contributed by atoms with Crippen LogP contribution in [-0.2, 0) is 4.79 Å². The number of methoxy groups -OCH3 is 2. The lowest BCUT2D eigenvalue weighted by atomic mass is 10.1. The van der Waals surface area contributed by atoms with Gasteiger partial charge in [0, 0.05) is 30.6 Å². The summed E-state index contributed by atoms with van der Waals surface area (Å²) < 4.78 is 10.7. The summed E-state index contributed by atoms with van der Waals surface area (Å²) in [5, 5.41) is 11.4. The van der Waals surface area contributed by atoms with Gasteiger partial charge in [-0.25, -0.2) is 0 Å². The van der Waals surface area contributed by atoms with Crippen LogP contribution in [0.5, 0.6) is 11.5 Å². The fraction of sp³-hybridized carbons (Fsp3) is 0.471. The number of nitrogens with zero attached hydrogens (tertiary/aromatic N) is 1. The third kappa shape index (κ3) is 2.63. The molecule has 1 aromatic heterocycles. The van der Waals surface area contributed by atoms with Crippen molar-refractivity contribution in [3.63, 3.8) is 0 Å². The molecule has 1 aliphatic rings. The van der Waals surface area contributed by atoms with Gasteiger partial charge in [0.15, 0.2) is 6.10 Å². The highest BCUT2D eigenvalue weighted by atomic mass is 16.5. The van der Waals surface area contributed by atoms with E-state index in [-0.39, 0.29) is 5.91 Å². The summed E-state index contributed by atoms with van der Waals surface area (Å²) in [5.41, 5.74) is 2.12. The van der Waals surface area contributed by atoms with E-state index in [0.29, 0.717) is 30.3 Å². The van der Waals surface area contributed by atoms with Crippen molar-refractivity contribution < 1.29 is 19.4 Å². The number of ether oxygens (including phenoxy) is 2. The Kier molecular flexibility index (Phi) is 4.17. The molecule has 2 heterocycles. The lowest BCUT2D eigenvalue weighted by Gasteiger charge is -2.19. The molecule has 0 saturated carbocycles. The third-order valence-corrected chi connectivity index (χ3v) is 4.50. The summed E-state index contributed by atoms with van der Waals surface area (Å²) in [4.78, 5) is 17.3. The lowest BCUT2D eigenvalue weighted by molar-refractivity contribution is -0.139. The van der Waals surface area contributed by atoms with Gasteiger partial charge in [0.2, 0.25) is 0 Å². The minimum atomic E-state index is -1.18. The summed E-state index contributed by atoms with van der Waals surface area (Å²) in [6, 6.07) is 3.63. The second kappa shape index (κ2) is 6.12. The van der Waals surface area contributed by atoms with Crippen molar-refractivity contribution in [2.75, 3.05) is 27.3 Å². The molecule has 1 amide bonds. The molecule has 2 aromatic rings. The molecule has 3 rings (SSSR count). The van der Waals surface area contributed by atoms with Crippen molar-refractivity contribution >= 4 is 16.8 Å². The highest BCUT2D eigenvalue weighted by Gasteiger charge is 2.29. The molecular weight excluding hydrogens is 296 g/mol. The summed E-state index contributed by atoms with van der Waals surface area (Å²) in [7, 11) is 3.18. The number of H-pyrrole nitrogens is 1. The van der Waals surface area contributed by atoms with Crippen LogP contribution < -0.4 is 9.47 Å². The van der Waals surface area contributed by atoms with Gasteiger partial charge < -0.3 is 24.5 Å². The first kappa shape index (κ1) is 15.7. The van der Waals surface area contributed by atoms with Gasteiger partial charge in [-0.2, -0.15) is 0 Å². The molecule has 0 aliphatic carbocycles. The Morgan fingerprint density at radius 3 is 2.57 bits per heavy atom. The Hall–Kier alpha value is -2.21. The van der Waals surface area contributed by atoms with E-state index in [0.717, 1.165) is 29.3 Å². The summed E-state index contributed by atoms with van der Waals surface area (Å²) in [6.45, 7) is 3.31. The van der Waals surface area contributed by atoms with E-state index < -0.39 is 6.10 Å². The molecule has 1 fully saturated rings. The monoisotopic (exact) mass is 318 g/mol. The molecule has 0 bridgehead atoms. The fourth-order valence-electron chi connectivity index (χ4n) is 3.24. The van der Waals surface area contributed by atoms with Gasteiger partial charge >= 0.3 is 0 Å². The van der Waals surface area contributed by atoms with Gasteiger partial charge in [-0.1, -0.05) is 0 Å². The fourth-order valence-corrected chi connectivity index (χ4v) is 3.24. The molecule has 0 radical (unpaired) electrons. The van der Waals surface area contributed by atoms with Gasteiger partial charge in [0.25, 0.3) is 5.91 Å². The number of aryl methyl sites for hydroxylation is 1. The number of carbonyl (C=O) groups excluding carboxylic acids is 1. The van der Waals surface area contributed by atoms with Crippen molar-refractivity contribution in [3.05, 3.63) is 23.4 Å². The number of hydrogen-bond acceptors (Lipinski definition) is 4. The molecule has 1 aliphatic heterocycles. The van der Waals surface area contributed by atoms with Crippen LogP contribution in [0.25, 0.3) is 10.9 Å². The first-order valence-corrected chi connectivity index (χ1v) is 7.78. The average molecular weight is 318 g/mol. The number of aromatic amines is 1. The number of amides is 1. The van der Waals surface area contributed by atoms with E-state index >= 15 is 0 Å². The van der Waals surface area contributed by atoms with E-state index in [9.17, 15) is 9.90 Å². The summed E-state index contributed by atoms with van der Waals surface area (Å²) in [5.74, 6) is 1.06. The largest absolute Gasteiger partial charge is 0.497 e. The van der Waals surface area contributed by atoms with Crippen LogP contribution in [0.2, 0.25) is 0 Å². The number of rotatable bonds is 4. The second-order valence-corrected chi connectivity index (χ2v) is 5.85. The van der Waals surface area contributed by atoms with Gasteiger partial charge in [-0.15, -0.1) is 0 Å². The summed E-state index contributed by atoms with van der Waals surface area (Å²) >= 11 is 0. The van der Waals surface area contributed by atoms with Crippen LogP contribution >= 0.6 is 0 Å². The number of hydrogen-bond donors (Lipinski definition) is 2. The van der Waals surface area contributed by atoms with Crippen LogP contribution in [0.3, 0.4) is 0 Å². The Balaban J connectivity index is 2.04. The van der Waals surface area contributed by atoms with Gasteiger partial charge in [0.05, 0.1) is 25.4 Å². The quantitative estimate of drug-likeness (QED) is 0.906. The number of carbonyl (C=O) groups is 1. The molecule has 2 N–H and O–H groups in total. The molecule has 1 unspecified atom stereocenters. The van der Waals surface area contributed by atoms with Crippen molar-refractivity contribution in [2.24, 2.45) is 0 Å². The lowest BCUT2D eigenvalue weighted by Crippen LogP contribution is -2.32. The van der Waals surface area contributed by atoms with Crippen molar-refractivity contribution in [3.8, 4) is 11.5 Å². The standard InChI is InChI=1S/C17H22N2O4/c1-10-14-12(8-11(22-2)9-13(14)23-3)18-15(10)16(20)17(21)19-6-4-5-7-19/h8-9,16,18,20H,4-7H2,1-3H3. The first-order chi connectivity index (χ1) is 11.1. The van der Waals surface area contributed by atoms with Crippen LogP contribution in [0.1, 0.15) is 30.2 Å². The van der Waals surface area contributed by atoms with Crippen molar-refractivity contribution in [1.82, 2.24) is 9.88 Å². The number of aliphatic hydroxyl groups excluding tert-OH is 1. The average Bonchev–Trinajstić information content (AvgIpc) is 3.21. The zero-order chi connectivity index (χ0) is 16.6. The highest BCUT2D eigenvalue weighted by molar-refractivity contribution is 5.94. The predicted octanol–water partition coefficient (Wildman–Crippen LogP) is 2.15. The normalized spacial score (nSPS) is 15.9. The molecular formula is C17H22N2O4. The van der Waals surface area contributed by atoms with Crippen molar-refractivity contribution in [2.45, 2.75) is 25.9 Å². The highest BCUT2D eigenvalue weighted by Crippen LogP contribution is 2.36. The van der Waals surface area contributed by atoms with Crippen LogP contribution in [0.4, 0.5) is 0 Å². The van der Waals surface area contributed by atoms with Crippen LogP contribution in [0, 0.1) is 6.92 Å². The maximum absolute atomic E-state index is 12.5. The Bertz CT molecular complexity index is 732. The molecule has 23 heavy (non-hydrogen) atoms. The van der Waals surface area contributed by atoms with Gasteiger partial charge in [-0.3, -0.25) is 4.79 Å². The number of aromatic nitrogens is 1. The first-order valence-electron chi connectivity index (χ1n) is 7.78. The molecule has 1 saturated heterocycles. The second-order valence-electron chi connectivity index (χ2n) is 5.85. The van der Waals surface area contributed by atoms with E-state index in [1.807, 2.05) is 13.0 Å². The topological polar surface area (TPSA) is 74.8 Å². The number of fused-ring (bicyclic) bond motifs is 1. The summed E-state index contributed by atoms with van der Waals surface area (Å²) in [6.07, 6.45) is 0.806. The molecule has 6 nitrogen and oxygen atoms in total. The van der Waals surface area contributed by atoms with E-state index in [1.54, 1.807) is 25.2 Å². The third-order valence-electron chi connectivity index (χ3n) is 4.50. The number of nitrogens with one attached hydrogen (secondary N) is 1. The van der Waals surface area contributed by atoms with Gasteiger partial charge in [-0.05, 0) is 25.3 Å². The molecule has 0 spiro atoms. The number of likely N-dealkylation sites (tertiary alicyclic amines) is 1. The molecule has 6 heteroatoms. The molecule has 1 atom stereocenters. The zero-order valence-electron chi connectivity index (χ0n) is 13.7. The number of aliphatic hydroxyl groups is 1. The van der Waals surface area contributed by atoms with Crippen molar-refractivity contribution in [1.29, 1.82) is 0 Å². The maximum atomic E-state index is 12.5. The predicted molar refractivity (Wildman–Crippen MR) is 86.9 cm³/mol. The maximum Gasteiger partial charge on any atom is 0.257 e. The minimum Gasteiger partial charge on any atom is -0.497 e. The Morgan fingerprint density at radius 1 is 1.26 bits per heavy atom. The van der Waals surface area contributed by atoms with E-state index in [4.69, 9.17) is 9.47 Å².